The first-order chi connectivity index (χ1) is 16.0. The van der Waals surface area contributed by atoms with E-state index in [0.29, 0.717) is 21.8 Å². The highest BCUT2D eigenvalue weighted by Gasteiger charge is 2.48. The molecule has 0 aliphatic carbocycles. The second-order valence-electron chi connectivity index (χ2n) is 7.43. The summed E-state index contributed by atoms with van der Waals surface area (Å²) >= 11 is 1.28. The lowest BCUT2D eigenvalue weighted by atomic mass is 9.95. The van der Waals surface area contributed by atoms with Gasteiger partial charge < -0.3 is 14.9 Å². The number of nitrogens with zero attached hydrogens (tertiary/aromatic N) is 2. The Hall–Kier alpha value is -4.17. The minimum Gasteiger partial charge on any atom is -0.507 e. The van der Waals surface area contributed by atoms with Crippen LogP contribution in [0.5, 0.6) is 11.5 Å². The summed E-state index contributed by atoms with van der Waals surface area (Å²) in [5, 5.41) is 21.5. The lowest BCUT2D eigenvalue weighted by Gasteiger charge is -2.23. The Labute approximate surface area is 192 Å². The fourth-order valence-corrected chi connectivity index (χ4v) is 4.92. The van der Waals surface area contributed by atoms with Crippen molar-refractivity contribution in [3.63, 3.8) is 0 Å². The van der Waals surface area contributed by atoms with E-state index in [2.05, 4.69) is 4.98 Å². The van der Waals surface area contributed by atoms with Gasteiger partial charge in [0.1, 0.15) is 5.76 Å². The van der Waals surface area contributed by atoms with Crippen molar-refractivity contribution in [3.05, 3.63) is 89.5 Å². The molecule has 1 atom stereocenters. The Kier molecular flexibility index (Phi) is 5.07. The maximum absolute atomic E-state index is 13.3. The van der Waals surface area contributed by atoms with Gasteiger partial charge in [-0.3, -0.25) is 14.5 Å². The average Bonchev–Trinajstić information content (AvgIpc) is 3.38. The molecule has 1 saturated heterocycles. The van der Waals surface area contributed by atoms with E-state index in [1.807, 2.05) is 24.3 Å². The lowest BCUT2D eigenvalue weighted by molar-refractivity contribution is -0.132. The highest BCUT2D eigenvalue weighted by Crippen LogP contribution is 2.45. The monoisotopic (exact) mass is 458 g/mol. The molecule has 0 bridgehead atoms. The van der Waals surface area contributed by atoms with E-state index in [0.717, 1.165) is 4.70 Å². The van der Waals surface area contributed by atoms with E-state index in [9.17, 15) is 19.8 Å². The molecule has 164 valence electrons. The number of para-hydroxylation sites is 1. The number of carbonyl (C=O) groups is 2. The van der Waals surface area contributed by atoms with Crippen LogP contribution >= 0.6 is 11.3 Å². The molecule has 1 fully saturated rings. The quantitative estimate of drug-likeness (QED) is 0.263. The molecular weight excluding hydrogens is 440 g/mol. The molecule has 1 aliphatic rings. The second-order valence-corrected chi connectivity index (χ2v) is 8.44. The summed E-state index contributed by atoms with van der Waals surface area (Å²) in [6.45, 7) is 0. The van der Waals surface area contributed by atoms with Crippen LogP contribution in [-0.2, 0) is 9.59 Å². The van der Waals surface area contributed by atoms with Crippen molar-refractivity contribution >= 4 is 44.1 Å². The molecule has 0 saturated carbocycles. The second kappa shape index (κ2) is 8.07. The van der Waals surface area contributed by atoms with Gasteiger partial charge in [0.15, 0.2) is 16.6 Å². The summed E-state index contributed by atoms with van der Waals surface area (Å²) in [5.74, 6) is -1.78. The molecule has 7 nitrogen and oxygen atoms in total. The number of rotatable bonds is 4. The average molecular weight is 458 g/mol. The number of thiazole rings is 1. The standard InChI is InChI=1S/C25H18N2O5S/c1-32-18-13-15(11-12-17(18)28)21-20(22(29)14-7-3-2-4-8-14)23(30)24(31)27(21)25-26-16-9-5-6-10-19(16)33-25/h2-13,21,28-29H,1H3. The summed E-state index contributed by atoms with van der Waals surface area (Å²) in [6, 6.07) is 19.6. The Morgan fingerprint density at radius 3 is 2.48 bits per heavy atom. The molecule has 1 aliphatic heterocycles. The van der Waals surface area contributed by atoms with Gasteiger partial charge in [-0.25, -0.2) is 4.98 Å². The first-order valence-electron chi connectivity index (χ1n) is 10.1. The van der Waals surface area contributed by atoms with Gasteiger partial charge in [-0.05, 0) is 29.8 Å². The van der Waals surface area contributed by atoms with Gasteiger partial charge in [-0.1, -0.05) is 59.9 Å². The maximum Gasteiger partial charge on any atom is 0.301 e. The molecule has 1 unspecified atom stereocenters. The number of amides is 1. The summed E-state index contributed by atoms with van der Waals surface area (Å²) < 4.78 is 6.10. The van der Waals surface area contributed by atoms with Crippen LogP contribution < -0.4 is 9.64 Å². The highest BCUT2D eigenvalue weighted by atomic mass is 32.1. The van der Waals surface area contributed by atoms with Gasteiger partial charge in [0.2, 0.25) is 0 Å². The van der Waals surface area contributed by atoms with E-state index >= 15 is 0 Å². The number of methoxy groups -OCH3 is 1. The minimum atomic E-state index is -0.958. The van der Waals surface area contributed by atoms with Gasteiger partial charge in [0, 0.05) is 5.56 Å². The first kappa shape index (κ1) is 20.7. The summed E-state index contributed by atoms with van der Waals surface area (Å²) in [6.07, 6.45) is 0. The molecule has 2 heterocycles. The van der Waals surface area contributed by atoms with Crippen LogP contribution in [0, 0.1) is 0 Å². The van der Waals surface area contributed by atoms with Gasteiger partial charge in [-0.2, -0.15) is 0 Å². The van der Waals surface area contributed by atoms with E-state index in [1.54, 1.807) is 42.5 Å². The van der Waals surface area contributed by atoms with E-state index in [-0.39, 0.29) is 22.8 Å². The van der Waals surface area contributed by atoms with Crippen molar-refractivity contribution in [2.24, 2.45) is 0 Å². The Balaban J connectivity index is 1.76. The maximum atomic E-state index is 13.3. The molecule has 0 spiro atoms. The number of aliphatic hydroxyl groups excluding tert-OH is 1. The SMILES string of the molecule is COc1cc(C2C(=C(O)c3ccccc3)C(=O)C(=O)N2c2nc3ccccc3s2)ccc1O. The third-order valence-electron chi connectivity index (χ3n) is 5.50. The molecule has 4 aromatic rings. The number of benzene rings is 3. The summed E-state index contributed by atoms with van der Waals surface area (Å²) in [4.78, 5) is 32.3. The van der Waals surface area contributed by atoms with Crippen LogP contribution in [-0.4, -0.2) is 34.0 Å². The molecule has 2 N–H and O–H groups in total. The van der Waals surface area contributed by atoms with Crippen molar-refractivity contribution in [1.29, 1.82) is 0 Å². The predicted octanol–water partition coefficient (Wildman–Crippen LogP) is 4.64. The number of Topliss-reactive ketones (excluding diaryl/α,β-unsaturated/α-hetero) is 1. The van der Waals surface area contributed by atoms with Crippen LogP contribution in [0.15, 0.2) is 78.4 Å². The number of ether oxygens (including phenoxy) is 1. The van der Waals surface area contributed by atoms with Crippen molar-refractivity contribution in [2.45, 2.75) is 6.04 Å². The zero-order valence-electron chi connectivity index (χ0n) is 17.4. The topological polar surface area (TPSA) is 100.0 Å². The molecule has 1 amide bonds. The van der Waals surface area contributed by atoms with Crippen molar-refractivity contribution in [1.82, 2.24) is 4.98 Å². The largest absolute Gasteiger partial charge is 0.507 e. The zero-order chi connectivity index (χ0) is 23.1. The molecule has 0 radical (unpaired) electrons. The molecular formula is C25H18N2O5S. The molecule has 5 rings (SSSR count). The van der Waals surface area contributed by atoms with Crippen molar-refractivity contribution in [3.8, 4) is 11.5 Å². The number of phenols is 1. The number of phenolic OH excluding ortho intramolecular Hbond substituents is 1. The smallest absolute Gasteiger partial charge is 0.301 e. The Morgan fingerprint density at radius 1 is 1.03 bits per heavy atom. The number of carbonyl (C=O) groups excluding carboxylic acids is 2. The number of aliphatic hydroxyl groups is 1. The molecule has 33 heavy (non-hydrogen) atoms. The van der Waals surface area contributed by atoms with Crippen LogP contribution in [0.25, 0.3) is 16.0 Å². The number of aromatic nitrogens is 1. The van der Waals surface area contributed by atoms with E-state index in [1.165, 1.54) is 29.4 Å². The molecule has 1 aromatic heterocycles. The number of hydrogen-bond acceptors (Lipinski definition) is 7. The van der Waals surface area contributed by atoms with Crippen LogP contribution in [0.2, 0.25) is 0 Å². The minimum absolute atomic E-state index is 0.0572. The lowest BCUT2D eigenvalue weighted by Crippen LogP contribution is -2.29. The third-order valence-corrected chi connectivity index (χ3v) is 6.54. The fourth-order valence-electron chi connectivity index (χ4n) is 3.92. The van der Waals surface area contributed by atoms with Crippen molar-refractivity contribution in [2.75, 3.05) is 12.0 Å². The number of fused-ring (bicyclic) bond motifs is 1. The van der Waals surface area contributed by atoms with Crippen LogP contribution in [0.1, 0.15) is 17.2 Å². The van der Waals surface area contributed by atoms with Crippen molar-refractivity contribution < 1.29 is 24.5 Å². The zero-order valence-corrected chi connectivity index (χ0v) is 18.2. The normalized spacial score (nSPS) is 17.6. The summed E-state index contributed by atoms with van der Waals surface area (Å²) in [7, 11) is 1.41. The molecule has 8 heteroatoms. The fraction of sp³-hybridized carbons (Fsp3) is 0.0800. The van der Waals surface area contributed by atoms with Gasteiger partial charge >= 0.3 is 5.91 Å². The third kappa shape index (κ3) is 3.41. The van der Waals surface area contributed by atoms with E-state index < -0.39 is 17.7 Å². The summed E-state index contributed by atoms with van der Waals surface area (Å²) in [5.41, 5.74) is 1.54. The number of ketones is 1. The Morgan fingerprint density at radius 2 is 1.76 bits per heavy atom. The first-order valence-corrected chi connectivity index (χ1v) is 10.9. The predicted molar refractivity (Wildman–Crippen MR) is 126 cm³/mol. The Bertz CT molecular complexity index is 1390. The van der Waals surface area contributed by atoms with Gasteiger partial charge in [0.25, 0.3) is 5.78 Å². The number of anilines is 1. The van der Waals surface area contributed by atoms with Crippen LogP contribution in [0.4, 0.5) is 5.13 Å². The molecule has 3 aromatic carbocycles. The van der Waals surface area contributed by atoms with E-state index in [4.69, 9.17) is 4.74 Å². The van der Waals surface area contributed by atoms with Gasteiger partial charge in [-0.15, -0.1) is 0 Å². The van der Waals surface area contributed by atoms with Crippen LogP contribution in [0.3, 0.4) is 0 Å². The number of aromatic hydroxyl groups is 1. The number of hydrogen-bond donors (Lipinski definition) is 2. The van der Waals surface area contributed by atoms with Gasteiger partial charge in [0.05, 0.1) is 28.9 Å². The highest BCUT2D eigenvalue weighted by molar-refractivity contribution is 7.22.